The first-order chi connectivity index (χ1) is 12.8. The van der Waals surface area contributed by atoms with Gasteiger partial charge in [0, 0.05) is 12.6 Å². The molecule has 1 aromatic heterocycles. The Kier molecular flexibility index (Phi) is 7.14. The Morgan fingerprint density at radius 3 is 2.67 bits per heavy atom. The number of sulfonamides is 1. The van der Waals surface area contributed by atoms with Crippen molar-refractivity contribution in [1.29, 1.82) is 0 Å². The number of anilines is 1. The molecule has 146 valence electrons. The smallest absolute Gasteiger partial charge is 0.262 e. The van der Waals surface area contributed by atoms with Gasteiger partial charge in [-0.25, -0.2) is 8.42 Å². The lowest BCUT2D eigenvalue weighted by Crippen LogP contribution is -2.30. The average Bonchev–Trinajstić information content (AvgIpc) is 2.64. The number of pyridine rings is 1. The number of nitrogens with one attached hydrogen (secondary N) is 2. The van der Waals surface area contributed by atoms with Gasteiger partial charge in [0.15, 0.2) is 0 Å². The molecule has 0 unspecified atom stereocenters. The fourth-order valence-corrected chi connectivity index (χ4v) is 3.48. The fraction of sp³-hybridized carbons (Fsp3) is 0.333. The first-order valence-electron chi connectivity index (χ1n) is 8.34. The summed E-state index contributed by atoms with van der Waals surface area (Å²) in [6, 6.07) is 7.48. The lowest BCUT2D eigenvalue weighted by atomic mass is 10.2. The third kappa shape index (κ3) is 5.93. The molecule has 0 aliphatic rings. The van der Waals surface area contributed by atoms with Gasteiger partial charge in [-0.15, -0.1) is 0 Å². The van der Waals surface area contributed by atoms with Crippen LogP contribution in [0.5, 0.6) is 5.75 Å². The molecule has 0 aliphatic carbocycles. The Labute approximate surface area is 159 Å². The molecular formula is C18H23N3O5S. The lowest BCUT2D eigenvalue weighted by Gasteiger charge is -2.13. The molecule has 0 aliphatic heterocycles. The van der Waals surface area contributed by atoms with Gasteiger partial charge in [-0.2, -0.15) is 0 Å². The first kappa shape index (κ1) is 20.7. The monoisotopic (exact) mass is 393 g/mol. The van der Waals surface area contributed by atoms with Gasteiger partial charge in [0.1, 0.15) is 10.6 Å². The number of ether oxygens (including phenoxy) is 2. The molecule has 8 nitrogen and oxygen atoms in total. The van der Waals surface area contributed by atoms with E-state index in [1.54, 1.807) is 12.1 Å². The van der Waals surface area contributed by atoms with Crippen LogP contribution >= 0.6 is 0 Å². The summed E-state index contributed by atoms with van der Waals surface area (Å²) in [5, 5.41) is 2.66. The zero-order chi connectivity index (χ0) is 19.9. The second-order valence-corrected chi connectivity index (χ2v) is 7.54. The summed E-state index contributed by atoms with van der Waals surface area (Å²) in [5.41, 5.74) is 0.278. The molecule has 0 spiro atoms. The molecule has 0 saturated heterocycles. The highest BCUT2D eigenvalue weighted by atomic mass is 32.2. The average molecular weight is 393 g/mol. The predicted molar refractivity (Wildman–Crippen MR) is 101 cm³/mol. The summed E-state index contributed by atoms with van der Waals surface area (Å²) < 4.78 is 38.3. The molecule has 0 bridgehead atoms. The molecule has 0 fully saturated rings. The van der Waals surface area contributed by atoms with Crippen molar-refractivity contribution in [2.75, 3.05) is 25.0 Å². The molecule has 9 heteroatoms. The van der Waals surface area contributed by atoms with Crippen LogP contribution in [0.15, 0.2) is 47.6 Å². The van der Waals surface area contributed by atoms with E-state index in [1.165, 1.54) is 37.7 Å². The second-order valence-electron chi connectivity index (χ2n) is 5.89. The number of benzene rings is 1. The molecular weight excluding hydrogens is 370 g/mol. The van der Waals surface area contributed by atoms with Gasteiger partial charge in [-0.1, -0.05) is 12.1 Å². The Bertz CT molecular complexity index is 884. The molecule has 2 aromatic rings. The number of aromatic nitrogens is 1. The Balaban J connectivity index is 2.18. The van der Waals surface area contributed by atoms with E-state index in [0.29, 0.717) is 12.4 Å². The molecule has 2 rings (SSSR count). The van der Waals surface area contributed by atoms with Crippen molar-refractivity contribution in [3.05, 3.63) is 48.3 Å². The normalized spacial score (nSPS) is 11.3. The summed E-state index contributed by atoms with van der Waals surface area (Å²) in [6.07, 6.45) is 2.86. The number of amides is 1. The SMILES string of the molecule is COc1cncc(NS(=O)(=O)c2ccccc2C(=O)NCCOC(C)C)c1. The summed E-state index contributed by atoms with van der Waals surface area (Å²) in [4.78, 5) is 16.2. The molecule has 1 heterocycles. The van der Waals surface area contributed by atoms with Crippen molar-refractivity contribution in [1.82, 2.24) is 10.3 Å². The number of hydrogen-bond acceptors (Lipinski definition) is 6. The third-order valence-electron chi connectivity index (χ3n) is 3.46. The highest BCUT2D eigenvalue weighted by Crippen LogP contribution is 2.21. The predicted octanol–water partition coefficient (Wildman–Crippen LogP) is 2.05. The summed E-state index contributed by atoms with van der Waals surface area (Å²) >= 11 is 0. The van der Waals surface area contributed by atoms with E-state index in [4.69, 9.17) is 9.47 Å². The third-order valence-corrected chi connectivity index (χ3v) is 4.90. The van der Waals surface area contributed by atoms with Crippen LogP contribution in [0.3, 0.4) is 0 Å². The number of rotatable bonds is 9. The van der Waals surface area contributed by atoms with E-state index in [-0.39, 0.29) is 28.8 Å². The van der Waals surface area contributed by atoms with Crippen molar-refractivity contribution in [2.24, 2.45) is 0 Å². The van der Waals surface area contributed by atoms with Gasteiger partial charge in [-0.3, -0.25) is 14.5 Å². The zero-order valence-corrected chi connectivity index (χ0v) is 16.2. The maximum Gasteiger partial charge on any atom is 0.262 e. The number of hydrogen-bond donors (Lipinski definition) is 2. The van der Waals surface area contributed by atoms with Crippen LogP contribution in [-0.2, 0) is 14.8 Å². The molecule has 0 saturated carbocycles. The molecule has 27 heavy (non-hydrogen) atoms. The van der Waals surface area contributed by atoms with E-state index in [1.807, 2.05) is 13.8 Å². The fourth-order valence-electron chi connectivity index (χ4n) is 2.24. The van der Waals surface area contributed by atoms with Crippen LogP contribution in [0.1, 0.15) is 24.2 Å². The van der Waals surface area contributed by atoms with E-state index in [0.717, 1.165) is 0 Å². The van der Waals surface area contributed by atoms with Crippen molar-refractivity contribution < 1.29 is 22.7 Å². The number of carbonyl (C=O) groups is 1. The van der Waals surface area contributed by atoms with Crippen molar-refractivity contribution in [2.45, 2.75) is 24.8 Å². The number of methoxy groups -OCH3 is 1. The van der Waals surface area contributed by atoms with Crippen molar-refractivity contribution in [3.8, 4) is 5.75 Å². The van der Waals surface area contributed by atoms with E-state index in [9.17, 15) is 13.2 Å². The van der Waals surface area contributed by atoms with Crippen molar-refractivity contribution >= 4 is 21.6 Å². The van der Waals surface area contributed by atoms with Crippen LogP contribution in [0.2, 0.25) is 0 Å². The Morgan fingerprint density at radius 1 is 1.22 bits per heavy atom. The maximum absolute atomic E-state index is 12.8. The van der Waals surface area contributed by atoms with Crippen LogP contribution in [0.25, 0.3) is 0 Å². The van der Waals surface area contributed by atoms with Gasteiger partial charge in [0.25, 0.3) is 15.9 Å². The number of carbonyl (C=O) groups excluding carboxylic acids is 1. The maximum atomic E-state index is 12.8. The van der Waals surface area contributed by atoms with E-state index in [2.05, 4.69) is 15.0 Å². The summed E-state index contributed by atoms with van der Waals surface area (Å²) in [7, 11) is -2.54. The minimum atomic E-state index is -4.00. The van der Waals surface area contributed by atoms with Crippen LogP contribution in [0.4, 0.5) is 5.69 Å². The second kappa shape index (κ2) is 9.33. The van der Waals surface area contributed by atoms with Crippen LogP contribution < -0.4 is 14.8 Å². The first-order valence-corrected chi connectivity index (χ1v) is 9.82. The highest BCUT2D eigenvalue weighted by molar-refractivity contribution is 7.92. The van der Waals surface area contributed by atoms with Gasteiger partial charge in [0.2, 0.25) is 0 Å². The minimum Gasteiger partial charge on any atom is -0.495 e. The molecule has 0 radical (unpaired) electrons. The lowest BCUT2D eigenvalue weighted by molar-refractivity contribution is 0.0745. The minimum absolute atomic E-state index is 0.0467. The van der Waals surface area contributed by atoms with Crippen LogP contribution in [0, 0.1) is 0 Å². The largest absolute Gasteiger partial charge is 0.495 e. The molecule has 1 aromatic carbocycles. The van der Waals surface area contributed by atoms with Gasteiger partial charge in [0.05, 0.1) is 43.5 Å². The van der Waals surface area contributed by atoms with E-state index < -0.39 is 15.9 Å². The van der Waals surface area contributed by atoms with Gasteiger partial charge < -0.3 is 14.8 Å². The van der Waals surface area contributed by atoms with Gasteiger partial charge in [-0.05, 0) is 26.0 Å². The number of nitrogens with zero attached hydrogens (tertiary/aromatic N) is 1. The van der Waals surface area contributed by atoms with Gasteiger partial charge >= 0.3 is 0 Å². The molecule has 2 N–H and O–H groups in total. The van der Waals surface area contributed by atoms with Crippen molar-refractivity contribution in [3.63, 3.8) is 0 Å². The Morgan fingerprint density at radius 2 is 1.96 bits per heavy atom. The Hall–Kier alpha value is -2.65. The van der Waals surface area contributed by atoms with E-state index >= 15 is 0 Å². The molecule has 1 amide bonds. The summed E-state index contributed by atoms with van der Waals surface area (Å²) in [5.74, 6) is -0.0847. The summed E-state index contributed by atoms with van der Waals surface area (Å²) in [6.45, 7) is 4.40. The zero-order valence-electron chi connectivity index (χ0n) is 15.4. The standard InChI is InChI=1S/C18H23N3O5S/c1-13(2)26-9-8-20-18(22)16-6-4-5-7-17(16)27(23,24)21-14-10-15(25-3)12-19-11-14/h4-7,10-13,21H,8-9H2,1-3H3,(H,20,22). The van der Waals surface area contributed by atoms with Crippen LogP contribution in [-0.4, -0.2) is 45.7 Å². The molecule has 0 atom stereocenters. The highest BCUT2D eigenvalue weighted by Gasteiger charge is 2.22. The quantitative estimate of drug-likeness (QED) is 0.632. The topological polar surface area (TPSA) is 107 Å².